The van der Waals surface area contributed by atoms with Crippen molar-refractivity contribution in [3.63, 3.8) is 0 Å². The van der Waals surface area contributed by atoms with E-state index in [-0.39, 0.29) is 35.5 Å². The predicted octanol–water partition coefficient (Wildman–Crippen LogP) is 1.12. The number of hydrogen-bond acceptors (Lipinski definition) is 5. The zero-order valence-corrected chi connectivity index (χ0v) is 17.1. The van der Waals surface area contributed by atoms with Gasteiger partial charge >= 0.3 is 0 Å². The normalized spacial score (nSPS) is 20.7. The van der Waals surface area contributed by atoms with Gasteiger partial charge in [-0.05, 0) is 30.4 Å². The van der Waals surface area contributed by atoms with Gasteiger partial charge in [0.25, 0.3) is 21.8 Å². The molecular formula is C19H19ClN4O4S. The van der Waals surface area contributed by atoms with Gasteiger partial charge in [0.15, 0.2) is 5.84 Å². The number of piperazine rings is 1. The van der Waals surface area contributed by atoms with Crippen LogP contribution in [0.15, 0.2) is 52.6 Å². The Balaban J connectivity index is 1.45. The van der Waals surface area contributed by atoms with Crippen molar-refractivity contribution in [2.45, 2.75) is 0 Å². The van der Waals surface area contributed by atoms with E-state index in [1.54, 1.807) is 57.3 Å². The van der Waals surface area contributed by atoms with E-state index in [4.69, 9.17) is 11.6 Å². The third-order valence-electron chi connectivity index (χ3n) is 5.01. The number of fused-ring (bicyclic) bond motifs is 1. The first kappa shape index (κ1) is 19.7. The average Bonchev–Trinajstić information content (AvgIpc) is 2.72. The highest BCUT2D eigenvalue weighted by molar-refractivity contribution is 7.90. The summed E-state index contributed by atoms with van der Waals surface area (Å²) in [6.45, 7) is 1.74. The highest BCUT2D eigenvalue weighted by atomic mass is 35.5. The molecule has 0 atom stereocenters. The smallest absolute Gasteiger partial charge is 0.257 e. The van der Waals surface area contributed by atoms with Crippen LogP contribution in [-0.4, -0.2) is 79.2 Å². The fraction of sp³-hybridized carbons (Fsp3) is 0.316. The van der Waals surface area contributed by atoms with Crippen LogP contribution in [0.2, 0.25) is 5.02 Å². The molecule has 3 heterocycles. The van der Waals surface area contributed by atoms with E-state index in [1.807, 2.05) is 0 Å². The second kappa shape index (κ2) is 7.64. The molecule has 8 nitrogen and oxygen atoms in total. The second-order valence-electron chi connectivity index (χ2n) is 6.91. The molecular weight excluding hydrogens is 416 g/mol. The fourth-order valence-corrected chi connectivity index (χ4v) is 4.65. The Hall–Kier alpha value is -2.65. The minimum absolute atomic E-state index is 0.0768. The number of amides is 2. The summed E-state index contributed by atoms with van der Waals surface area (Å²) in [6, 6.07) is 6.76. The van der Waals surface area contributed by atoms with Crippen molar-refractivity contribution in [2.24, 2.45) is 4.40 Å². The number of rotatable bonds is 2. The van der Waals surface area contributed by atoms with Crippen molar-refractivity contribution in [3.8, 4) is 0 Å². The van der Waals surface area contributed by atoms with Crippen LogP contribution in [0.5, 0.6) is 0 Å². The summed E-state index contributed by atoms with van der Waals surface area (Å²) in [5.41, 5.74) is 0.764. The Morgan fingerprint density at radius 1 is 1.00 bits per heavy atom. The molecule has 0 aliphatic carbocycles. The lowest BCUT2D eigenvalue weighted by molar-refractivity contribution is -0.128. The van der Waals surface area contributed by atoms with Gasteiger partial charge in [-0.3, -0.25) is 9.59 Å². The lowest BCUT2D eigenvalue weighted by atomic mass is 10.1. The maximum absolute atomic E-state index is 13.0. The molecule has 1 aromatic carbocycles. The third-order valence-corrected chi connectivity index (χ3v) is 6.40. The minimum Gasteiger partial charge on any atom is -0.335 e. The van der Waals surface area contributed by atoms with Gasteiger partial charge < -0.3 is 14.7 Å². The van der Waals surface area contributed by atoms with Gasteiger partial charge in [-0.1, -0.05) is 17.7 Å². The highest BCUT2D eigenvalue weighted by Gasteiger charge is 2.33. The first-order chi connectivity index (χ1) is 13.8. The van der Waals surface area contributed by atoms with Crippen molar-refractivity contribution in [3.05, 3.63) is 58.8 Å². The Bertz CT molecular complexity index is 1060. The molecule has 0 unspecified atom stereocenters. The molecule has 0 radical (unpaired) electrons. The number of hydrogen-bond donors (Lipinski definition) is 0. The van der Waals surface area contributed by atoms with Gasteiger partial charge in [0, 0.05) is 49.5 Å². The molecule has 1 fully saturated rings. The van der Waals surface area contributed by atoms with E-state index in [1.165, 1.54) is 0 Å². The molecule has 152 valence electrons. The van der Waals surface area contributed by atoms with Gasteiger partial charge in [-0.15, -0.1) is 4.40 Å². The van der Waals surface area contributed by atoms with Crippen molar-refractivity contribution >= 4 is 39.3 Å². The molecule has 0 spiro atoms. The van der Waals surface area contributed by atoms with Crippen LogP contribution < -0.4 is 0 Å². The zero-order chi connectivity index (χ0) is 20.6. The zero-order valence-electron chi connectivity index (χ0n) is 15.5. The van der Waals surface area contributed by atoms with Crippen molar-refractivity contribution in [2.75, 3.05) is 38.5 Å². The third kappa shape index (κ3) is 4.06. The van der Waals surface area contributed by atoms with Crippen LogP contribution in [0.3, 0.4) is 0 Å². The summed E-state index contributed by atoms with van der Waals surface area (Å²) in [5, 5.41) is 0.495. The number of halogens is 1. The SMILES string of the molecule is O=C(C1=CC=CN2CCS(=O)(=O)N=C12)N1CCN(C(=O)c2cccc(Cl)c2)CC1. The molecule has 0 bridgehead atoms. The number of carbonyl (C=O) groups is 2. The quantitative estimate of drug-likeness (QED) is 0.695. The van der Waals surface area contributed by atoms with Gasteiger partial charge in [0.2, 0.25) is 0 Å². The Kier molecular flexibility index (Phi) is 5.18. The predicted molar refractivity (Wildman–Crippen MR) is 109 cm³/mol. The Labute approximate surface area is 173 Å². The molecule has 3 aliphatic heterocycles. The maximum Gasteiger partial charge on any atom is 0.257 e. The molecule has 0 saturated carbocycles. The summed E-state index contributed by atoms with van der Waals surface area (Å²) in [7, 11) is -3.57. The summed E-state index contributed by atoms with van der Waals surface area (Å²) in [4.78, 5) is 30.6. The molecule has 0 aromatic heterocycles. The van der Waals surface area contributed by atoms with E-state index in [2.05, 4.69) is 4.40 Å². The molecule has 1 aromatic rings. The molecule has 1 saturated heterocycles. The van der Waals surface area contributed by atoms with Crippen LogP contribution in [0.1, 0.15) is 10.4 Å². The highest BCUT2D eigenvalue weighted by Crippen LogP contribution is 2.21. The number of allylic oxidation sites excluding steroid dienone is 2. The number of amidine groups is 1. The van der Waals surface area contributed by atoms with Crippen molar-refractivity contribution in [1.29, 1.82) is 0 Å². The maximum atomic E-state index is 13.0. The first-order valence-corrected chi connectivity index (χ1v) is 11.1. The molecule has 10 heteroatoms. The number of carbonyl (C=O) groups excluding carboxylic acids is 2. The van der Waals surface area contributed by atoms with Crippen LogP contribution >= 0.6 is 11.6 Å². The number of benzene rings is 1. The lowest BCUT2D eigenvalue weighted by Crippen LogP contribution is -2.52. The van der Waals surface area contributed by atoms with Gasteiger partial charge in [-0.25, -0.2) is 8.42 Å². The van der Waals surface area contributed by atoms with Crippen LogP contribution in [0.4, 0.5) is 0 Å². The van der Waals surface area contributed by atoms with Crippen molar-refractivity contribution < 1.29 is 18.0 Å². The number of sulfonamides is 1. The van der Waals surface area contributed by atoms with E-state index in [9.17, 15) is 18.0 Å². The van der Waals surface area contributed by atoms with E-state index in [0.717, 1.165) is 0 Å². The topological polar surface area (TPSA) is 90.4 Å². The standard InChI is InChI=1S/C19H19ClN4O4S/c20-15-4-1-3-14(13-15)18(25)23-7-9-24(10-8-23)19(26)16-5-2-6-22-11-12-29(27,28)21-17(16)22/h1-6,13H,7-12H2. The van der Waals surface area contributed by atoms with Gasteiger partial charge in [0.1, 0.15) is 0 Å². The molecule has 4 rings (SSSR count). The van der Waals surface area contributed by atoms with E-state index >= 15 is 0 Å². The second-order valence-corrected chi connectivity index (χ2v) is 9.10. The first-order valence-electron chi connectivity index (χ1n) is 9.16. The molecule has 3 aliphatic rings. The molecule has 0 N–H and O–H groups in total. The lowest BCUT2D eigenvalue weighted by Gasteiger charge is -2.36. The van der Waals surface area contributed by atoms with Crippen LogP contribution in [0, 0.1) is 0 Å². The Morgan fingerprint density at radius 3 is 2.38 bits per heavy atom. The fourth-order valence-electron chi connectivity index (χ4n) is 3.47. The van der Waals surface area contributed by atoms with Crippen LogP contribution in [-0.2, 0) is 14.8 Å². The summed E-state index contributed by atoms with van der Waals surface area (Å²) in [6.07, 6.45) is 5.01. The Morgan fingerprint density at radius 2 is 1.69 bits per heavy atom. The average molecular weight is 435 g/mol. The van der Waals surface area contributed by atoms with Crippen LogP contribution in [0.25, 0.3) is 0 Å². The summed E-state index contributed by atoms with van der Waals surface area (Å²) in [5.74, 6) is -0.327. The number of nitrogens with zero attached hydrogens (tertiary/aromatic N) is 4. The summed E-state index contributed by atoms with van der Waals surface area (Å²) < 4.78 is 27.6. The van der Waals surface area contributed by atoms with E-state index < -0.39 is 10.0 Å². The van der Waals surface area contributed by atoms with Gasteiger partial charge in [-0.2, -0.15) is 0 Å². The molecule has 2 amide bonds. The largest absolute Gasteiger partial charge is 0.335 e. The van der Waals surface area contributed by atoms with Gasteiger partial charge in [0.05, 0.1) is 11.3 Å². The van der Waals surface area contributed by atoms with Crippen molar-refractivity contribution in [1.82, 2.24) is 14.7 Å². The molecule has 29 heavy (non-hydrogen) atoms. The van der Waals surface area contributed by atoms with E-state index in [0.29, 0.717) is 36.8 Å². The minimum atomic E-state index is -3.57. The summed E-state index contributed by atoms with van der Waals surface area (Å²) >= 11 is 5.96. The monoisotopic (exact) mass is 434 g/mol.